The van der Waals surface area contributed by atoms with Crippen molar-refractivity contribution in [3.8, 4) is 0 Å². The van der Waals surface area contributed by atoms with Crippen LogP contribution in [0.15, 0.2) is 12.4 Å². The number of hydrogen-bond donors (Lipinski definition) is 2. The van der Waals surface area contributed by atoms with Crippen LogP contribution in [0.5, 0.6) is 0 Å². The molecule has 2 aliphatic rings. The van der Waals surface area contributed by atoms with Crippen LogP contribution in [-0.2, 0) is 4.79 Å². The molecule has 2 amide bonds. The second-order valence-corrected chi connectivity index (χ2v) is 9.71. The molecule has 0 radical (unpaired) electrons. The first kappa shape index (κ1) is 20.8. The molecule has 7 nitrogen and oxygen atoms in total. The lowest BCUT2D eigenvalue weighted by Crippen LogP contribution is -2.52. The predicted molar refractivity (Wildman–Crippen MR) is 109 cm³/mol. The summed E-state index contributed by atoms with van der Waals surface area (Å²) in [6.07, 6.45) is 7.84. The van der Waals surface area contributed by atoms with E-state index in [9.17, 15) is 9.59 Å². The van der Waals surface area contributed by atoms with Gasteiger partial charge in [-0.05, 0) is 66.2 Å². The van der Waals surface area contributed by atoms with Crippen LogP contribution in [0.1, 0.15) is 76.7 Å². The molecule has 2 saturated heterocycles. The van der Waals surface area contributed by atoms with Crippen LogP contribution in [0, 0.1) is 5.92 Å². The molecule has 0 saturated carbocycles. The van der Waals surface area contributed by atoms with Gasteiger partial charge in [0.15, 0.2) is 0 Å². The maximum atomic E-state index is 12.4. The van der Waals surface area contributed by atoms with Crippen molar-refractivity contribution >= 4 is 11.8 Å². The van der Waals surface area contributed by atoms with Gasteiger partial charge in [-0.25, -0.2) is 0 Å². The van der Waals surface area contributed by atoms with E-state index in [1.54, 1.807) is 17.1 Å². The Kier molecular flexibility index (Phi) is 6.12. The molecule has 1 aromatic rings. The molecule has 0 aromatic carbocycles. The summed E-state index contributed by atoms with van der Waals surface area (Å²) in [4.78, 5) is 27.1. The molecular weight excluding hydrogens is 354 g/mol. The highest BCUT2D eigenvalue weighted by molar-refractivity contribution is 5.93. The number of rotatable bonds is 6. The lowest BCUT2D eigenvalue weighted by Gasteiger charge is -2.39. The molecule has 3 rings (SSSR count). The molecule has 28 heavy (non-hydrogen) atoms. The maximum Gasteiger partial charge on any atom is 0.254 e. The van der Waals surface area contributed by atoms with E-state index in [2.05, 4.69) is 20.6 Å². The van der Waals surface area contributed by atoms with E-state index >= 15 is 0 Å². The second kappa shape index (κ2) is 8.23. The fourth-order valence-corrected chi connectivity index (χ4v) is 4.51. The monoisotopic (exact) mass is 389 g/mol. The Hall–Kier alpha value is -1.89. The molecule has 1 aromatic heterocycles. The Morgan fingerprint density at radius 1 is 1.21 bits per heavy atom. The lowest BCUT2D eigenvalue weighted by atomic mass is 9.90. The fourth-order valence-electron chi connectivity index (χ4n) is 4.51. The van der Waals surface area contributed by atoms with E-state index < -0.39 is 0 Å². The molecule has 2 fully saturated rings. The van der Waals surface area contributed by atoms with Crippen molar-refractivity contribution in [3.05, 3.63) is 18.0 Å². The molecule has 2 aliphatic heterocycles. The number of carbonyl (C=O) groups is 2. The van der Waals surface area contributed by atoms with Gasteiger partial charge in [-0.2, -0.15) is 5.10 Å². The van der Waals surface area contributed by atoms with Gasteiger partial charge in [0, 0.05) is 36.4 Å². The largest absolute Gasteiger partial charge is 0.352 e. The summed E-state index contributed by atoms with van der Waals surface area (Å²) in [7, 11) is 0. The molecule has 2 N–H and O–H groups in total. The third-order valence-corrected chi connectivity index (χ3v) is 5.77. The minimum atomic E-state index is -0.192. The smallest absolute Gasteiger partial charge is 0.254 e. The van der Waals surface area contributed by atoms with Crippen LogP contribution in [0.25, 0.3) is 0 Å². The Morgan fingerprint density at radius 2 is 1.86 bits per heavy atom. The third kappa shape index (κ3) is 5.13. The van der Waals surface area contributed by atoms with Crippen LogP contribution in [0.3, 0.4) is 0 Å². The molecule has 156 valence electrons. The molecule has 3 heterocycles. The number of aromatic nitrogens is 2. The van der Waals surface area contributed by atoms with E-state index in [4.69, 9.17) is 0 Å². The molecule has 0 unspecified atom stereocenters. The Morgan fingerprint density at radius 3 is 2.39 bits per heavy atom. The summed E-state index contributed by atoms with van der Waals surface area (Å²) < 4.78 is 1.80. The molecule has 3 atom stereocenters. The van der Waals surface area contributed by atoms with Gasteiger partial charge in [0.1, 0.15) is 0 Å². The van der Waals surface area contributed by atoms with Crippen LogP contribution in [0.4, 0.5) is 0 Å². The Balaban J connectivity index is 1.48. The van der Waals surface area contributed by atoms with Gasteiger partial charge in [0.2, 0.25) is 5.91 Å². The molecule has 0 aliphatic carbocycles. The predicted octanol–water partition coefficient (Wildman–Crippen LogP) is 2.35. The number of nitrogens with zero attached hydrogens (tertiary/aromatic N) is 3. The summed E-state index contributed by atoms with van der Waals surface area (Å²) in [5, 5.41) is 10.4. The van der Waals surface area contributed by atoms with Gasteiger partial charge in [0.05, 0.1) is 18.3 Å². The summed E-state index contributed by atoms with van der Waals surface area (Å²) in [6.45, 7) is 11.3. The van der Waals surface area contributed by atoms with E-state index in [1.165, 1.54) is 0 Å². The highest BCUT2D eigenvalue weighted by Crippen LogP contribution is 2.38. The summed E-state index contributed by atoms with van der Waals surface area (Å²) >= 11 is 0. The zero-order chi connectivity index (χ0) is 20.5. The van der Waals surface area contributed by atoms with E-state index in [0.29, 0.717) is 36.7 Å². The highest BCUT2D eigenvalue weighted by atomic mass is 16.2. The maximum absolute atomic E-state index is 12.4. The van der Waals surface area contributed by atoms with Crippen LogP contribution in [0.2, 0.25) is 0 Å². The first-order valence-electron chi connectivity index (χ1n) is 10.5. The summed E-state index contributed by atoms with van der Waals surface area (Å²) in [5.41, 5.74) is 0.426. The lowest BCUT2D eigenvalue weighted by molar-refractivity contribution is -0.125. The standard InChI is InChI=1S/C21H35N5O2/c1-14(2)26-12-16(11-23-26)20(28)22-10-15-8-17-6-7-18(9-15)25(17)13-19(27)24-21(3,4)5/h11-12,14-15,17-18H,6-10,13H2,1-5H3,(H,22,28)(H,24,27)/t15-,17-,18+. The number of piperidine rings is 1. The van der Waals surface area contributed by atoms with Crippen molar-refractivity contribution < 1.29 is 9.59 Å². The van der Waals surface area contributed by atoms with Crippen LogP contribution in [-0.4, -0.2) is 57.2 Å². The van der Waals surface area contributed by atoms with Gasteiger partial charge in [-0.15, -0.1) is 0 Å². The van der Waals surface area contributed by atoms with Gasteiger partial charge in [-0.1, -0.05) is 0 Å². The highest BCUT2D eigenvalue weighted by Gasteiger charge is 2.41. The normalized spacial score (nSPS) is 25.1. The SMILES string of the molecule is CC(C)n1cc(C(=O)NC[C@@H]2C[C@H]3CC[C@@H](C2)N3CC(=O)NC(C)(C)C)cn1. The van der Waals surface area contributed by atoms with Gasteiger partial charge in [0.25, 0.3) is 5.91 Å². The molecule has 2 bridgehead atoms. The van der Waals surface area contributed by atoms with Crippen molar-refractivity contribution in [2.75, 3.05) is 13.1 Å². The second-order valence-electron chi connectivity index (χ2n) is 9.71. The number of fused-ring (bicyclic) bond motifs is 2. The summed E-state index contributed by atoms with van der Waals surface area (Å²) in [6, 6.07) is 1.15. The fraction of sp³-hybridized carbons (Fsp3) is 0.762. The molecular formula is C21H35N5O2. The van der Waals surface area contributed by atoms with Crippen molar-refractivity contribution in [2.45, 2.75) is 84.0 Å². The Labute approximate surface area is 168 Å². The van der Waals surface area contributed by atoms with Crippen LogP contribution < -0.4 is 10.6 Å². The van der Waals surface area contributed by atoms with Crippen molar-refractivity contribution in [3.63, 3.8) is 0 Å². The van der Waals surface area contributed by atoms with Gasteiger partial charge >= 0.3 is 0 Å². The molecule has 7 heteroatoms. The zero-order valence-corrected chi connectivity index (χ0v) is 17.9. The first-order valence-corrected chi connectivity index (χ1v) is 10.5. The van der Waals surface area contributed by atoms with Crippen molar-refractivity contribution in [1.82, 2.24) is 25.3 Å². The minimum absolute atomic E-state index is 0.0498. The quantitative estimate of drug-likeness (QED) is 0.783. The van der Waals surface area contributed by atoms with E-state index in [1.807, 2.05) is 34.6 Å². The topological polar surface area (TPSA) is 79.3 Å². The average Bonchev–Trinajstić information content (AvgIpc) is 3.15. The number of nitrogens with one attached hydrogen (secondary N) is 2. The van der Waals surface area contributed by atoms with Crippen molar-refractivity contribution in [2.24, 2.45) is 5.92 Å². The van der Waals surface area contributed by atoms with Gasteiger partial charge in [-0.3, -0.25) is 19.2 Å². The summed E-state index contributed by atoms with van der Waals surface area (Å²) in [5.74, 6) is 0.535. The van der Waals surface area contributed by atoms with Crippen molar-refractivity contribution in [1.29, 1.82) is 0 Å². The number of hydrogen-bond acceptors (Lipinski definition) is 4. The van der Waals surface area contributed by atoms with E-state index in [-0.39, 0.29) is 23.4 Å². The zero-order valence-electron chi connectivity index (χ0n) is 17.9. The van der Waals surface area contributed by atoms with E-state index in [0.717, 1.165) is 25.7 Å². The number of amides is 2. The molecule has 0 spiro atoms. The average molecular weight is 390 g/mol. The first-order chi connectivity index (χ1) is 13.1. The minimum Gasteiger partial charge on any atom is -0.352 e. The Bertz CT molecular complexity index is 692. The number of carbonyl (C=O) groups excluding carboxylic acids is 2. The van der Waals surface area contributed by atoms with Gasteiger partial charge < -0.3 is 10.6 Å². The third-order valence-electron chi connectivity index (χ3n) is 5.77. The van der Waals surface area contributed by atoms with Crippen LogP contribution >= 0.6 is 0 Å².